The summed E-state index contributed by atoms with van der Waals surface area (Å²) in [4.78, 5) is 14.9. The van der Waals surface area contributed by atoms with E-state index in [1.54, 1.807) is 12.1 Å². The van der Waals surface area contributed by atoms with Crippen molar-refractivity contribution in [3.05, 3.63) is 62.1 Å². The Morgan fingerprint density at radius 3 is 2.52 bits per heavy atom. The van der Waals surface area contributed by atoms with Crippen LogP contribution in [-0.4, -0.2) is 15.0 Å². The van der Waals surface area contributed by atoms with E-state index < -0.39 is 4.92 Å². The molecule has 3 aromatic rings. The minimum Gasteiger partial charge on any atom is -0.507 e. The van der Waals surface area contributed by atoms with Crippen molar-refractivity contribution in [2.75, 3.05) is 0 Å². The number of fused-ring (bicyclic) bond motifs is 1. The summed E-state index contributed by atoms with van der Waals surface area (Å²) in [7, 11) is 0. The van der Waals surface area contributed by atoms with Gasteiger partial charge < -0.3 is 5.11 Å². The molecule has 0 atom stereocenters. The van der Waals surface area contributed by atoms with Crippen LogP contribution in [0.3, 0.4) is 0 Å². The fraction of sp³-hybridized carbons (Fsp3) is 0.118. The Hall–Kier alpha value is -2.73. The SMILES string of the molecule is Cc1cc(C=Cc2nc3ccc([N+](=O)[O-])cc3s2)cc(C)c1O. The van der Waals surface area contributed by atoms with Crippen LogP contribution in [0.25, 0.3) is 22.4 Å². The Morgan fingerprint density at radius 1 is 1.17 bits per heavy atom. The number of nitro benzene ring substituents is 1. The predicted octanol–water partition coefficient (Wildman–Crippen LogP) is 4.70. The van der Waals surface area contributed by atoms with Crippen LogP contribution in [0.4, 0.5) is 5.69 Å². The van der Waals surface area contributed by atoms with E-state index >= 15 is 0 Å². The van der Waals surface area contributed by atoms with Crippen molar-refractivity contribution in [1.29, 1.82) is 0 Å². The average molecular weight is 326 g/mol. The van der Waals surface area contributed by atoms with E-state index in [1.807, 2.05) is 38.1 Å². The highest BCUT2D eigenvalue weighted by Gasteiger charge is 2.09. The number of hydrogen-bond donors (Lipinski definition) is 1. The number of benzene rings is 2. The Balaban J connectivity index is 1.93. The molecule has 0 saturated carbocycles. The molecular formula is C17H14N2O3S. The number of thiazole rings is 1. The van der Waals surface area contributed by atoms with E-state index in [9.17, 15) is 15.2 Å². The molecule has 2 aromatic carbocycles. The van der Waals surface area contributed by atoms with Gasteiger partial charge in [-0.3, -0.25) is 10.1 Å². The van der Waals surface area contributed by atoms with E-state index in [0.717, 1.165) is 31.9 Å². The maximum atomic E-state index is 10.8. The molecule has 0 amide bonds. The standard InChI is InChI=1S/C17H14N2O3S/c1-10-7-12(8-11(2)17(10)20)3-6-16-18-14-5-4-13(19(21)22)9-15(14)23-16/h3-9,20H,1-2H3. The Labute approximate surface area is 136 Å². The second-order valence-corrected chi connectivity index (χ2v) is 6.36. The molecule has 0 spiro atoms. The van der Waals surface area contributed by atoms with Crippen molar-refractivity contribution >= 4 is 39.4 Å². The lowest BCUT2D eigenvalue weighted by molar-refractivity contribution is -0.384. The van der Waals surface area contributed by atoms with Gasteiger partial charge in [0.25, 0.3) is 5.69 Å². The lowest BCUT2D eigenvalue weighted by atomic mass is 10.1. The van der Waals surface area contributed by atoms with E-state index in [1.165, 1.54) is 17.4 Å². The Bertz CT molecular complexity index is 921. The summed E-state index contributed by atoms with van der Waals surface area (Å²) < 4.78 is 0.789. The minimum absolute atomic E-state index is 0.0708. The van der Waals surface area contributed by atoms with Gasteiger partial charge in [0.1, 0.15) is 10.8 Å². The fourth-order valence-electron chi connectivity index (χ4n) is 2.37. The van der Waals surface area contributed by atoms with Crippen LogP contribution in [0.5, 0.6) is 5.75 Å². The molecule has 3 rings (SSSR count). The third-order valence-electron chi connectivity index (χ3n) is 3.53. The molecule has 6 heteroatoms. The number of aryl methyl sites for hydroxylation is 2. The average Bonchev–Trinajstić information content (AvgIpc) is 2.92. The second kappa shape index (κ2) is 5.81. The first-order valence-electron chi connectivity index (χ1n) is 6.97. The molecule has 1 aromatic heterocycles. The van der Waals surface area contributed by atoms with E-state index in [-0.39, 0.29) is 5.69 Å². The zero-order valence-electron chi connectivity index (χ0n) is 12.6. The number of non-ortho nitro benzene ring substituents is 1. The number of aromatic nitrogens is 1. The molecule has 1 N–H and O–H groups in total. The van der Waals surface area contributed by atoms with Gasteiger partial charge in [-0.05, 0) is 54.8 Å². The van der Waals surface area contributed by atoms with Gasteiger partial charge in [0.15, 0.2) is 0 Å². The van der Waals surface area contributed by atoms with Crippen LogP contribution in [-0.2, 0) is 0 Å². The maximum absolute atomic E-state index is 10.8. The first-order chi connectivity index (χ1) is 10.9. The Kier molecular flexibility index (Phi) is 3.83. The number of hydrogen-bond acceptors (Lipinski definition) is 5. The first kappa shape index (κ1) is 15.2. The number of phenolic OH excluding ortho intramolecular Hbond substituents is 1. The van der Waals surface area contributed by atoms with E-state index in [2.05, 4.69) is 4.98 Å². The zero-order chi connectivity index (χ0) is 16.6. The van der Waals surface area contributed by atoms with Crippen molar-refractivity contribution in [2.45, 2.75) is 13.8 Å². The van der Waals surface area contributed by atoms with Gasteiger partial charge >= 0.3 is 0 Å². The Morgan fingerprint density at radius 2 is 1.87 bits per heavy atom. The summed E-state index contributed by atoms with van der Waals surface area (Å²) in [6, 6.07) is 8.46. The predicted molar refractivity (Wildman–Crippen MR) is 92.8 cm³/mol. The highest BCUT2D eigenvalue weighted by Crippen LogP contribution is 2.28. The molecule has 116 valence electrons. The summed E-state index contributed by atoms with van der Waals surface area (Å²) in [5, 5.41) is 21.4. The number of phenols is 1. The first-order valence-corrected chi connectivity index (χ1v) is 7.79. The molecule has 0 bridgehead atoms. The van der Waals surface area contributed by atoms with Crippen LogP contribution < -0.4 is 0 Å². The summed E-state index contributed by atoms with van der Waals surface area (Å²) >= 11 is 1.41. The number of nitro groups is 1. The second-order valence-electron chi connectivity index (χ2n) is 5.30. The minimum atomic E-state index is -0.406. The largest absolute Gasteiger partial charge is 0.507 e. The normalized spacial score (nSPS) is 11.4. The van der Waals surface area contributed by atoms with Gasteiger partial charge in [0.2, 0.25) is 0 Å². The molecule has 1 heterocycles. The fourth-order valence-corrected chi connectivity index (χ4v) is 3.27. The molecule has 23 heavy (non-hydrogen) atoms. The summed E-state index contributed by atoms with van der Waals surface area (Å²) in [5.41, 5.74) is 3.44. The summed E-state index contributed by atoms with van der Waals surface area (Å²) in [6.45, 7) is 3.72. The summed E-state index contributed by atoms with van der Waals surface area (Å²) in [6.07, 6.45) is 3.80. The molecule has 0 aliphatic carbocycles. The van der Waals surface area contributed by atoms with Crippen LogP contribution in [0.1, 0.15) is 21.7 Å². The lowest BCUT2D eigenvalue weighted by Crippen LogP contribution is -1.85. The highest BCUT2D eigenvalue weighted by molar-refractivity contribution is 7.19. The summed E-state index contributed by atoms with van der Waals surface area (Å²) in [5.74, 6) is 0.314. The van der Waals surface area contributed by atoms with Gasteiger partial charge in [-0.15, -0.1) is 11.3 Å². The van der Waals surface area contributed by atoms with Crippen molar-refractivity contribution in [1.82, 2.24) is 4.98 Å². The zero-order valence-corrected chi connectivity index (χ0v) is 13.4. The van der Waals surface area contributed by atoms with E-state index in [4.69, 9.17) is 0 Å². The van der Waals surface area contributed by atoms with Crippen LogP contribution in [0.15, 0.2) is 30.3 Å². The molecule has 0 aliphatic rings. The van der Waals surface area contributed by atoms with Crippen LogP contribution in [0.2, 0.25) is 0 Å². The number of rotatable bonds is 3. The molecule has 0 unspecified atom stereocenters. The highest BCUT2D eigenvalue weighted by atomic mass is 32.1. The van der Waals surface area contributed by atoms with Gasteiger partial charge in [0.05, 0.1) is 15.1 Å². The molecule has 0 fully saturated rings. The third kappa shape index (κ3) is 3.07. The van der Waals surface area contributed by atoms with Crippen molar-refractivity contribution in [2.24, 2.45) is 0 Å². The van der Waals surface area contributed by atoms with Crippen molar-refractivity contribution in [3.63, 3.8) is 0 Å². The number of nitrogens with zero attached hydrogens (tertiary/aromatic N) is 2. The van der Waals surface area contributed by atoms with Gasteiger partial charge in [-0.1, -0.05) is 6.08 Å². The van der Waals surface area contributed by atoms with E-state index in [0.29, 0.717) is 5.75 Å². The molecule has 5 nitrogen and oxygen atoms in total. The monoisotopic (exact) mass is 326 g/mol. The smallest absolute Gasteiger partial charge is 0.270 e. The third-order valence-corrected chi connectivity index (χ3v) is 4.51. The van der Waals surface area contributed by atoms with Gasteiger partial charge in [-0.2, -0.15) is 0 Å². The topological polar surface area (TPSA) is 76.3 Å². The maximum Gasteiger partial charge on any atom is 0.270 e. The van der Waals surface area contributed by atoms with Crippen molar-refractivity contribution < 1.29 is 10.0 Å². The van der Waals surface area contributed by atoms with Gasteiger partial charge in [0, 0.05) is 12.1 Å². The molecular weight excluding hydrogens is 312 g/mol. The molecule has 0 saturated heterocycles. The molecule has 0 aliphatic heterocycles. The van der Waals surface area contributed by atoms with Crippen molar-refractivity contribution in [3.8, 4) is 5.75 Å². The quantitative estimate of drug-likeness (QED) is 0.559. The lowest BCUT2D eigenvalue weighted by Gasteiger charge is -2.04. The number of aromatic hydroxyl groups is 1. The van der Waals surface area contributed by atoms with Crippen LogP contribution in [0, 0.1) is 24.0 Å². The van der Waals surface area contributed by atoms with Gasteiger partial charge in [-0.25, -0.2) is 4.98 Å². The molecule has 0 radical (unpaired) electrons. The van der Waals surface area contributed by atoms with Crippen LogP contribution >= 0.6 is 11.3 Å².